The first-order chi connectivity index (χ1) is 12.2. The molecule has 1 fully saturated rings. The molecule has 0 unspecified atom stereocenters. The predicted molar refractivity (Wildman–Crippen MR) is 95.6 cm³/mol. The van der Waals surface area contributed by atoms with Gasteiger partial charge >= 0.3 is 0 Å². The van der Waals surface area contributed by atoms with E-state index in [1.54, 1.807) is 6.20 Å². The van der Waals surface area contributed by atoms with Crippen LogP contribution in [-0.2, 0) is 11.2 Å². The lowest BCUT2D eigenvalue weighted by atomic mass is 10.1. The van der Waals surface area contributed by atoms with Crippen molar-refractivity contribution >= 4 is 34.4 Å². The quantitative estimate of drug-likeness (QED) is 0.775. The van der Waals surface area contributed by atoms with E-state index in [0.717, 1.165) is 35.5 Å². The highest BCUT2D eigenvalue weighted by Crippen LogP contribution is 2.22. The number of carbonyl (C=O) groups excluding carboxylic acids is 1. The van der Waals surface area contributed by atoms with Gasteiger partial charge in [-0.1, -0.05) is 23.7 Å². The Bertz CT molecular complexity index is 903. The molecule has 128 valence electrons. The van der Waals surface area contributed by atoms with Gasteiger partial charge in [0.1, 0.15) is 12.1 Å². The van der Waals surface area contributed by atoms with Crippen molar-refractivity contribution in [2.45, 2.75) is 6.42 Å². The van der Waals surface area contributed by atoms with Crippen molar-refractivity contribution < 1.29 is 4.79 Å². The van der Waals surface area contributed by atoms with E-state index in [0.29, 0.717) is 24.5 Å². The van der Waals surface area contributed by atoms with Crippen LogP contribution in [0.3, 0.4) is 0 Å². The maximum Gasteiger partial charge on any atom is 0.227 e. The van der Waals surface area contributed by atoms with Crippen LogP contribution in [0, 0.1) is 0 Å². The number of nitrogens with one attached hydrogen (secondary N) is 1. The van der Waals surface area contributed by atoms with Crippen LogP contribution in [0.15, 0.2) is 36.8 Å². The van der Waals surface area contributed by atoms with Gasteiger partial charge in [-0.05, 0) is 17.7 Å². The third-order valence-electron chi connectivity index (χ3n) is 4.40. The molecule has 0 bridgehead atoms. The third-order valence-corrected chi connectivity index (χ3v) is 4.64. The maximum absolute atomic E-state index is 12.5. The lowest BCUT2D eigenvalue weighted by molar-refractivity contribution is -0.130. The molecule has 4 rings (SSSR count). The van der Waals surface area contributed by atoms with E-state index >= 15 is 0 Å². The number of rotatable bonds is 3. The maximum atomic E-state index is 12.5. The summed E-state index contributed by atoms with van der Waals surface area (Å²) in [5.74, 6) is 0.985. The minimum atomic E-state index is 0.123. The van der Waals surface area contributed by atoms with Crippen molar-refractivity contribution in [1.82, 2.24) is 25.1 Å². The van der Waals surface area contributed by atoms with Crippen LogP contribution < -0.4 is 4.90 Å². The Balaban J connectivity index is 1.41. The minimum absolute atomic E-state index is 0.123. The Hall–Kier alpha value is -2.67. The number of piperazine rings is 1. The molecule has 2 aromatic heterocycles. The third kappa shape index (κ3) is 3.28. The molecule has 25 heavy (non-hydrogen) atoms. The molecule has 1 N–H and O–H groups in total. The number of aromatic nitrogens is 4. The van der Waals surface area contributed by atoms with Crippen molar-refractivity contribution in [2.24, 2.45) is 0 Å². The average molecular weight is 357 g/mol. The van der Waals surface area contributed by atoms with Gasteiger partial charge in [0.2, 0.25) is 5.91 Å². The van der Waals surface area contributed by atoms with Gasteiger partial charge in [0.05, 0.1) is 18.0 Å². The molecule has 0 atom stereocenters. The number of benzene rings is 1. The highest BCUT2D eigenvalue weighted by Gasteiger charge is 2.23. The fourth-order valence-corrected chi connectivity index (χ4v) is 3.32. The Labute approximate surface area is 149 Å². The van der Waals surface area contributed by atoms with Crippen LogP contribution in [0.2, 0.25) is 5.02 Å². The second-order valence-electron chi connectivity index (χ2n) is 6.00. The monoisotopic (exact) mass is 356 g/mol. The van der Waals surface area contributed by atoms with Gasteiger partial charge in [-0.15, -0.1) is 0 Å². The molecule has 0 spiro atoms. The predicted octanol–water partition coefficient (Wildman–Crippen LogP) is 1.90. The fraction of sp³-hybridized carbons (Fsp3) is 0.294. The largest absolute Gasteiger partial charge is 0.352 e. The normalized spacial score (nSPS) is 14.9. The van der Waals surface area contributed by atoms with Gasteiger partial charge in [0, 0.05) is 31.2 Å². The summed E-state index contributed by atoms with van der Waals surface area (Å²) in [6, 6.07) is 7.45. The van der Waals surface area contributed by atoms with Gasteiger partial charge < -0.3 is 9.80 Å². The molecule has 1 aromatic carbocycles. The van der Waals surface area contributed by atoms with Gasteiger partial charge in [0.25, 0.3) is 0 Å². The Kier molecular flexibility index (Phi) is 4.23. The van der Waals surface area contributed by atoms with E-state index in [4.69, 9.17) is 11.6 Å². The number of hydrogen-bond acceptors (Lipinski definition) is 5. The molecule has 1 saturated heterocycles. The summed E-state index contributed by atoms with van der Waals surface area (Å²) < 4.78 is 0. The zero-order chi connectivity index (χ0) is 17.2. The number of aromatic amines is 1. The van der Waals surface area contributed by atoms with Crippen LogP contribution in [0.4, 0.5) is 5.82 Å². The van der Waals surface area contributed by atoms with Crippen molar-refractivity contribution in [3.63, 3.8) is 0 Å². The van der Waals surface area contributed by atoms with Crippen LogP contribution >= 0.6 is 11.6 Å². The lowest BCUT2D eigenvalue weighted by Gasteiger charge is -2.35. The fourth-order valence-electron chi connectivity index (χ4n) is 3.11. The first-order valence-corrected chi connectivity index (χ1v) is 8.50. The summed E-state index contributed by atoms with van der Waals surface area (Å²) >= 11 is 5.99. The van der Waals surface area contributed by atoms with Gasteiger partial charge in [-0.2, -0.15) is 5.10 Å². The smallest absolute Gasteiger partial charge is 0.227 e. The minimum Gasteiger partial charge on any atom is -0.352 e. The summed E-state index contributed by atoms with van der Waals surface area (Å²) in [7, 11) is 0. The van der Waals surface area contributed by atoms with Crippen LogP contribution in [-0.4, -0.2) is 57.2 Å². The van der Waals surface area contributed by atoms with Crippen molar-refractivity contribution in [1.29, 1.82) is 0 Å². The van der Waals surface area contributed by atoms with Crippen molar-refractivity contribution in [3.8, 4) is 0 Å². The molecule has 7 nitrogen and oxygen atoms in total. The topological polar surface area (TPSA) is 78.0 Å². The average Bonchev–Trinajstić information content (AvgIpc) is 3.10. The molecule has 0 aliphatic carbocycles. The van der Waals surface area contributed by atoms with E-state index in [1.165, 1.54) is 6.33 Å². The van der Waals surface area contributed by atoms with Crippen molar-refractivity contribution in [3.05, 3.63) is 47.4 Å². The number of halogens is 1. The molecule has 0 saturated carbocycles. The molecule has 1 aliphatic rings. The summed E-state index contributed by atoms with van der Waals surface area (Å²) in [6.45, 7) is 2.81. The highest BCUT2D eigenvalue weighted by atomic mass is 35.5. The Morgan fingerprint density at radius 3 is 2.84 bits per heavy atom. The molecule has 3 heterocycles. The second kappa shape index (κ2) is 6.68. The van der Waals surface area contributed by atoms with Gasteiger partial charge in [-0.3, -0.25) is 9.89 Å². The van der Waals surface area contributed by atoms with Gasteiger partial charge in [0.15, 0.2) is 5.65 Å². The number of anilines is 1. The number of H-pyrrole nitrogens is 1. The van der Waals surface area contributed by atoms with E-state index < -0.39 is 0 Å². The van der Waals surface area contributed by atoms with E-state index in [9.17, 15) is 4.79 Å². The first-order valence-electron chi connectivity index (χ1n) is 8.12. The number of amides is 1. The van der Waals surface area contributed by atoms with E-state index in [1.807, 2.05) is 29.2 Å². The summed E-state index contributed by atoms with van der Waals surface area (Å²) in [6.07, 6.45) is 3.65. The Morgan fingerprint density at radius 1 is 1.20 bits per heavy atom. The number of fused-ring (bicyclic) bond motifs is 1. The number of nitrogens with zero attached hydrogens (tertiary/aromatic N) is 5. The lowest BCUT2D eigenvalue weighted by Crippen LogP contribution is -2.49. The molecule has 3 aromatic rings. The standard InChI is InChI=1S/C17H17ClN6O/c18-13-3-1-2-12(8-13)9-15(25)23-4-6-24(7-5-23)17-14-10-21-22-16(14)19-11-20-17/h1-3,8,10-11H,4-7,9H2,(H,19,20,21,22). The van der Waals surface area contributed by atoms with Crippen LogP contribution in [0.1, 0.15) is 5.56 Å². The van der Waals surface area contributed by atoms with Crippen LogP contribution in [0.5, 0.6) is 0 Å². The van der Waals surface area contributed by atoms with Crippen molar-refractivity contribution in [2.75, 3.05) is 31.1 Å². The molecule has 8 heteroatoms. The molecule has 1 aliphatic heterocycles. The summed E-state index contributed by atoms with van der Waals surface area (Å²) in [4.78, 5) is 25.1. The highest BCUT2D eigenvalue weighted by molar-refractivity contribution is 6.30. The van der Waals surface area contributed by atoms with Gasteiger partial charge in [-0.25, -0.2) is 9.97 Å². The number of hydrogen-bond donors (Lipinski definition) is 1. The first kappa shape index (κ1) is 15.8. The molecule has 0 radical (unpaired) electrons. The summed E-state index contributed by atoms with van der Waals surface area (Å²) in [5.41, 5.74) is 1.67. The summed E-state index contributed by atoms with van der Waals surface area (Å²) in [5, 5.41) is 8.44. The molecular weight excluding hydrogens is 340 g/mol. The Morgan fingerprint density at radius 2 is 2.04 bits per heavy atom. The SMILES string of the molecule is O=C(Cc1cccc(Cl)c1)N1CCN(c2ncnc3[nH]ncc23)CC1. The van der Waals surface area contributed by atoms with Crippen LogP contribution in [0.25, 0.3) is 11.0 Å². The van der Waals surface area contributed by atoms with E-state index in [2.05, 4.69) is 25.1 Å². The van der Waals surface area contributed by atoms with E-state index in [-0.39, 0.29) is 5.91 Å². The number of carbonyl (C=O) groups is 1. The second-order valence-corrected chi connectivity index (χ2v) is 6.44. The molecule has 1 amide bonds. The molecular formula is C17H17ClN6O. The zero-order valence-electron chi connectivity index (χ0n) is 13.5. The zero-order valence-corrected chi connectivity index (χ0v) is 14.3.